The third-order valence-corrected chi connectivity index (χ3v) is 7.41. The minimum Gasteiger partial charge on any atom is -0.457 e. The van der Waals surface area contributed by atoms with Crippen LogP contribution in [0.25, 0.3) is 21.8 Å². The first kappa shape index (κ1) is 20.9. The number of benzene rings is 3. The number of nitrogens with zero attached hydrogens (tertiary/aromatic N) is 2. The standard InChI is InChI=1S/C26H20N2O4S/c1-17-8-11-21(12-9-17)33(30,31)28-24-13-10-20(32-19-6-4-3-5-7-19)14-22(24)26-18(2)23(16-29)27-15-25(26)28/h3-16H,1-2H3. The zero-order chi connectivity index (χ0) is 23.2. The molecule has 0 aliphatic rings. The maximum absolute atomic E-state index is 13.7. The first-order valence-electron chi connectivity index (χ1n) is 10.3. The van der Waals surface area contributed by atoms with Gasteiger partial charge in [-0.25, -0.2) is 12.4 Å². The highest BCUT2D eigenvalue weighted by atomic mass is 32.2. The molecule has 0 aliphatic carbocycles. The van der Waals surface area contributed by atoms with Crippen molar-refractivity contribution in [3.63, 3.8) is 0 Å². The lowest BCUT2D eigenvalue weighted by atomic mass is 10.1. The van der Waals surface area contributed by atoms with Gasteiger partial charge in [0.15, 0.2) is 6.29 Å². The van der Waals surface area contributed by atoms with Crippen LogP contribution in [0.4, 0.5) is 0 Å². The molecule has 33 heavy (non-hydrogen) atoms. The first-order chi connectivity index (χ1) is 15.9. The van der Waals surface area contributed by atoms with Crippen LogP contribution in [-0.2, 0) is 10.0 Å². The largest absolute Gasteiger partial charge is 0.457 e. The molecule has 5 rings (SSSR count). The summed E-state index contributed by atoms with van der Waals surface area (Å²) in [6.45, 7) is 3.67. The van der Waals surface area contributed by atoms with E-state index in [0.717, 1.165) is 5.56 Å². The molecule has 0 bridgehead atoms. The monoisotopic (exact) mass is 456 g/mol. The van der Waals surface area contributed by atoms with E-state index >= 15 is 0 Å². The van der Waals surface area contributed by atoms with Crippen molar-refractivity contribution in [2.75, 3.05) is 0 Å². The van der Waals surface area contributed by atoms with Crippen molar-refractivity contribution in [1.82, 2.24) is 8.96 Å². The van der Waals surface area contributed by atoms with Gasteiger partial charge in [0.05, 0.1) is 22.1 Å². The van der Waals surface area contributed by atoms with Crippen molar-refractivity contribution in [3.05, 3.63) is 95.8 Å². The number of carbonyl (C=O) groups excluding carboxylic acids is 1. The summed E-state index contributed by atoms with van der Waals surface area (Å²) >= 11 is 0. The number of rotatable bonds is 5. The molecular weight excluding hydrogens is 436 g/mol. The highest BCUT2D eigenvalue weighted by Crippen LogP contribution is 2.37. The van der Waals surface area contributed by atoms with Crippen molar-refractivity contribution in [1.29, 1.82) is 0 Å². The highest BCUT2D eigenvalue weighted by molar-refractivity contribution is 7.90. The van der Waals surface area contributed by atoms with Crippen molar-refractivity contribution < 1.29 is 17.9 Å². The van der Waals surface area contributed by atoms with Gasteiger partial charge in [-0.15, -0.1) is 0 Å². The SMILES string of the molecule is Cc1ccc(S(=O)(=O)n2c3ccc(Oc4ccccc4)cc3c3c(C)c(C=O)ncc32)cc1. The third-order valence-electron chi connectivity index (χ3n) is 5.67. The van der Waals surface area contributed by atoms with E-state index in [1.807, 2.05) is 37.3 Å². The number of hydrogen-bond donors (Lipinski definition) is 0. The van der Waals surface area contributed by atoms with Gasteiger partial charge >= 0.3 is 0 Å². The molecule has 0 N–H and O–H groups in total. The predicted octanol–water partition coefficient (Wildman–Crippen LogP) is 5.65. The molecule has 2 heterocycles. The fourth-order valence-corrected chi connectivity index (χ4v) is 5.52. The molecule has 0 unspecified atom stereocenters. The van der Waals surface area contributed by atoms with Crippen LogP contribution in [0, 0.1) is 13.8 Å². The van der Waals surface area contributed by atoms with Gasteiger partial charge in [-0.2, -0.15) is 0 Å². The molecule has 0 atom stereocenters. The van der Waals surface area contributed by atoms with Gasteiger partial charge in [0, 0.05) is 10.8 Å². The number of hydrogen-bond acceptors (Lipinski definition) is 5. The molecule has 0 radical (unpaired) electrons. The second kappa shape index (κ2) is 7.86. The Hall–Kier alpha value is -3.97. The maximum Gasteiger partial charge on any atom is 0.268 e. The van der Waals surface area contributed by atoms with Gasteiger partial charge in [0.1, 0.15) is 17.2 Å². The summed E-state index contributed by atoms with van der Waals surface area (Å²) < 4.78 is 34.7. The van der Waals surface area contributed by atoms with Gasteiger partial charge in [0.2, 0.25) is 0 Å². The minimum absolute atomic E-state index is 0.175. The van der Waals surface area contributed by atoms with E-state index in [1.54, 1.807) is 49.4 Å². The van der Waals surface area contributed by atoms with E-state index < -0.39 is 10.0 Å². The molecule has 0 saturated carbocycles. The van der Waals surface area contributed by atoms with Crippen molar-refractivity contribution in [2.24, 2.45) is 0 Å². The Morgan fingerprint density at radius 1 is 0.879 bits per heavy atom. The first-order valence-corrected chi connectivity index (χ1v) is 11.8. The van der Waals surface area contributed by atoms with E-state index in [0.29, 0.717) is 45.2 Å². The summed E-state index contributed by atoms with van der Waals surface area (Å²) in [7, 11) is -3.93. The van der Waals surface area contributed by atoms with E-state index in [-0.39, 0.29) is 10.6 Å². The second-order valence-corrected chi connectivity index (χ2v) is 9.61. The topological polar surface area (TPSA) is 78.3 Å². The quantitative estimate of drug-likeness (QED) is 0.320. The smallest absolute Gasteiger partial charge is 0.268 e. The van der Waals surface area contributed by atoms with Crippen molar-refractivity contribution >= 4 is 38.1 Å². The number of fused-ring (bicyclic) bond motifs is 3. The van der Waals surface area contributed by atoms with Crippen LogP contribution in [0.3, 0.4) is 0 Å². The van der Waals surface area contributed by atoms with Crippen LogP contribution in [0.1, 0.15) is 21.6 Å². The normalized spacial score (nSPS) is 11.7. The molecule has 3 aromatic carbocycles. The lowest BCUT2D eigenvalue weighted by Gasteiger charge is -2.10. The fraction of sp³-hybridized carbons (Fsp3) is 0.0769. The van der Waals surface area contributed by atoms with Crippen molar-refractivity contribution in [2.45, 2.75) is 18.7 Å². The lowest BCUT2D eigenvalue weighted by Crippen LogP contribution is -2.13. The number of aromatic nitrogens is 2. The molecule has 0 fully saturated rings. The van der Waals surface area contributed by atoms with Crippen LogP contribution >= 0.6 is 0 Å². The molecule has 0 aliphatic heterocycles. The average molecular weight is 457 g/mol. The van der Waals surface area contributed by atoms with Gasteiger partial charge in [0.25, 0.3) is 10.0 Å². The molecular formula is C26H20N2O4S. The van der Waals surface area contributed by atoms with E-state index in [1.165, 1.54) is 10.2 Å². The van der Waals surface area contributed by atoms with E-state index in [2.05, 4.69) is 4.98 Å². The second-order valence-electron chi connectivity index (χ2n) is 7.82. The Bertz CT molecular complexity index is 1620. The highest BCUT2D eigenvalue weighted by Gasteiger charge is 2.25. The Kier molecular flexibility index (Phi) is 4.98. The number of pyridine rings is 1. The number of carbonyl (C=O) groups is 1. The molecule has 0 saturated heterocycles. The lowest BCUT2D eigenvalue weighted by molar-refractivity contribution is 0.111. The van der Waals surface area contributed by atoms with Crippen LogP contribution in [0.2, 0.25) is 0 Å². The van der Waals surface area contributed by atoms with E-state index in [4.69, 9.17) is 4.74 Å². The number of aryl methyl sites for hydroxylation is 2. The number of ether oxygens (including phenoxy) is 1. The van der Waals surface area contributed by atoms with Gasteiger partial charge in [-0.3, -0.25) is 9.78 Å². The van der Waals surface area contributed by atoms with Crippen LogP contribution < -0.4 is 4.74 Å². The van der Waals surface area contributed by atoms with Gasteiger partial charge in [-0.1, -0.05) is 35.9 Å². The molecule has 164 valence electrons. The Balaban J connectivity index is 1.81. The van der Waals surface area contributed by atoms with Gasteiger partial charge < -0.3 is 4.74 Å². The van der Waals surface area contributed by atoms with Gasteiger partial charge in [-0.05, 0) is 61.9 Å². The summed E-state index contributed by atoms with van der Waals surface area (Å²) in [5.41, 5.74) is 2.74. The molecule has 5 aromatic rings. The zero-order valence-electron chi connectivity index (χ0n) is 18.0. The molecule has 0 spiro atoms. The maximum atomic E-state index is 13.7. The summed E-state index contributed by atoms with van der Waals surface area (Å²) in [6, 6.07) is 21.3. The Morgan fingerprint density at radius 3 is 2.30 bits per heavy atom. The summed E-state index contributed by atoms with van der Waals surface area (Å²) in [6.07, 6.45) is 2.12. The van der Waals surface area contributed by atoms with E-state index in [9.17, 15) is 13.2 Å². The van der Waals surface area contributed by atoms with Crippen LogP contribution in [0.15, 0.2) is 83.9 Å². The summed E-state index contributed by atoms with van der Waals surface area (Å²) in [4.78, 5) is 15.9. The van der Waals surface area contributed by atoms with Crippen molar-refractivity contribution in [3.8, 4) is 11.5 Å². The average Bonchev–Trinajstić information content (AvgIpc) is 3.15. The molecule has 2 aromatic heterocycles. The summed E-state index contributed by atoms with van der Waals surface area (Å²) in [5, 5.41) is 1.31. The Labute approximate surface area is 191 Å². The Morgan fingerprint density at radius 2 is 1.61 bits per heavy atom. The zero-order valence-corrected chi connectivity index (χ0v) is 18.8. The molecule has 6 nitrogen and oxygen atoms in total. The fourth-order valence-electron chi connectivity index (χ4n) is 4.01. The molecule has 7 heteroatoms. The third kappa shape index (κ3) is 3.47. The number of para-hydroxylation sites is 1. The number of aldehydes is 1. The molecule has 0 amide bonds. The minimum atomic E-state index is -3.93. The predicted molar refractivity (Wildman–Crippen MR) is 128 cm³/mol. The van der Waals surface area contributed by atoms with Crippen LogP contribution in [0.5, 0.6) is 11.5 Å². The summed E-state index contributed by atoms with van der Waals surface area (Å²) in [5.74, 6) is 1.23. The van der Waals surface area contributed by atoms with Crippen LogP contribution in [-0.4, -0.2) is 23.7 Å².